The molecule has 1 aliphatic heterocycles. The minimum Gasteiger partial charge on any atom is -0.486 e. The summed E-state index contributed by atoms with van der Waals surface area (Å²) < 4.78 is 39.0. The van der Waals surface area contributed by atoms with Gasteiger partial charge in [0.1, 0.15) is 25.8 Å². The maximum absolute atomic E-state index is 14.2. The van der Waals surface area contributed by atoms with Crippen LogP contribution in [0.1, 0.15) is 31.9 Å². The summed E-state index contributed by atoms with van der Waals surface area (Å²) in [5.41, 5.74) is 1.99. The second kappa shape index (κ2) is 13.5. The van der Waals surface area contributed by atoms with Gasteiger partial charge in [0.05, 0.1) is 11.4 Å². The van der Waals surface area contributed by atoms with Crippen molar-refractivity contribution in [1.82, 2.24) is 10.2 Å². The first-order chi connectivity index (χ1) is 19.7. The van der Waals surface area contributed by atoms with Crippen LogP contribution in [0.25, 0.3) is 0 Å². The lowest BCUT2D eigenvalue weighted by molar-refractivity contribution is -0.140. The lowest BCUT2D eigenvalue weighted by Crippen LogP contribution is -2.54. The Hall–Kier alpha value is -4.05. The molecule has 1 N–H and O–H groups in total. The predicted molar refractivity (Wildman–Crippen MR) is 158 cm³/mol. The standard InChI is InChI=1S/C31H37N3O6S/c1-4-41(37,38)34(26-15-16-28-29(20-26)40-18-17-39-28)22-30(35)33(21-25-13-9-6-10-14-25)27(31(36)32-23(2)3)19-24-11-7-5-8-12-24/h5-16,20,23,27H,4,17-19,21-22H2,1-3H3,(H,32,36)/t27-/m0/s1. The van der Waals surface area contributed by atoms with Gasteiger partial charge in [0, 0.05) is 25.1 Å². The van der Waals surface area contributed by atoms with E-state index in [4.69, 9.17) is 9.47 Å². The predicted octanol–water partition coefficient (Wildman–Crippen LogP) is 3.78. The second-order valence-electron chi connectivity index (χ2n) is 10.1. The summed E-state index contributed by atoms with van der Waals surface area (Å²) >= 11 is 0. The molecule has 9 nitrogen and oxygen atoms in total. The van der Waals surface area contributed by atoms with Gasteiger partial charge in [-0.1, -0.05) is 60.7 Å². The van der Waals surface area contributed by atoms with Gasteiger partial charge < -0.3 is 19.7 Å². The van der Waals surface area contributed by atoms with Crippen LogP contribution in [0.15, 0.2) is 78.9 Å². The lowest BCUT2D eigenvalue weighted by atomic mass is 10.0. The van der Waals surface area contributed by atoms with E-state index in [0.717, 1.165) is 15.4 Å². The van der Waals surface area contributed by atoms with E-state index in [2.05, 4.69) is 5.32 Å². The summed E-state index contributed by atoms with van der Waals surface area (Å²) in [6, 6.07) is 22.6. The topological polar surface area (TPSA) is 105 Å². The fraction of sp³-hybridized carbons (Fsp3) is 0.355. The molecule has 41 heavy (non-hydrogen) atoms. The minimum absolute atomic E-state index is 0.129. The fourth-order valence-electron chi connectivity index (χ4n) is 4.62. The van der Waals surface area contributed by atoms with Crippen LogP contribution < -0.4 is 19.1 Å². The Morgan fingerprint density at radius 2 is 1.49 bits per heavy atom. The SMILES string of the molecule is CCS(=O)(=O)N(CC(=O)N(Cc1ccccc1)[C@@H](Cc1ccccc1)C(=O)NC(C)C)c1ccc2c(c1)OCCO2. The van der Waals surface area contributed by atoms with E-state index < -0.39 is 28.5 Å². The quantitative estimate of drug-likeness (QED) is 0.350. The number of amides is 2. The molecule has 0 saturated carbocycles. The van der Waals surface area contributed by atoms with Gasteiger partial charge in [0.15, 0.2) is 11.5 Å². The van der Waals surface area contributed by atoms with Crippen LogP contribution in [0.2, 0.25) is 0 Å². The minimum atomic E-state index is -3.88. The summed E-state index contributed by atoms with van der Waals surface area (Å²) in [4.78, 5) is 29.3. The molecule has 4 rings (SSSR count). The highest BCUT2D eigenvalue weighted by Crippen LogP contribution is 2.35. The molecule has 0 fully saturated rings. The van der Waals surface area contributed by atoms with Crippen LogP contribution in [-0.2, 0) is 32.6 Å². The van der Waals surface area contributed by atoms with Crippen molar-refractivity contribution < 1.29 is 27.5 Å². The number of sulfonamides is 1. The van der Waals surface area contributed by atoms with E-state index in [1.165, 1.54) is 11.8 Å². The number of hydrogen-bond donors (Lipinski definition) is 1. The molecule has 0 aromatic heterocycles. The number of nitrogens with one attached hydrogen (secondary N) is 1. The maximum atomic E-state index is 14.2. The molecule has 0 radical (unpaired) electrons. The van der Waals surface area contributed by atoms with Crippen molar-refractivity contribution in [2.24, 2.45) is 0 Å². The van der Waals surface area contributed by atoms with Gasteiger partial charge in [-0.15, -0.1) is 0 Å². The Labute approximate surface area is 242 Å². The Morgan fingerprint density at radius 1 is 0.878 bits per heavy atom. The highest BCUT2D eigenvalue weighted by Gasteiger charge is 2.34. The fourth-order valence-corrected chi connectivity index (χ4v) is 5.68. The third-order valence-corrected chi connectivity index (χ3v) is 8.43. The van der Waals surface area contributed by atoms with Crippen LogP contribution in [-0.4, -0.2) is 62.7 Å². The summed E-state index contributed by atoms with van der Waals surface area (Å²) in [7, 11) is -3.88. The molecule has 1 atom stereocenters. The number of nitrogens with zero attached hydrogens (tertiary/aromatic N) is 2. The van der Waals surface area contributed by atoms with E-state index in [1.807, 2.05) is 74.5 Å². The van der Waals surface area contributed by atoms with Crippen molar-refractivity contribution in [2.45, 2.75) is 45.8 Å². The zero-order valence-corrected chi connectivity index (χ0v) is 24.5. The number of rotatable bonds is 12. The van der Waals surface area contributed by atoms with E-state index in [-0.39, 0.29) is 36.4 Å². The molecular formula is C31H37N3O6S. The molecule has 3 aromatic rings. The third kappa shape index (κ3) is 7.79. The molecule has 0 aliphatic carbocycles. The zero-order chi connectivity index (χ0) is 29.4. The van der Waals surface area contributed by atoms with Crippen molar-refractivity contribution >= 4 is 27.5 Å². The third-order valence-electron chi connectivity index (χ3n) is 6.69. The van der Waals surface area contributed by atoms with E-state index >= 15 is 0 Å². The monoisotopic (exact) mass is 579 g/mol. The Kier molecular flexibility index (Phi) is 9.88. The van der Waals surface area contributed by atoms with Gasteiger partial charge in [0.2, 0.25) is 21.8 Å². The Balaban J connectivity index is 1.73. The first-order valence-corrected chi connectivity index (χ1v) is 15.4. The Morgan fingerprint density at radius 3 is 2.10 bits per heavy atom. The Bertz CT molecular complexity index is 1430. The molecule has 1 aliphatic rings. The maximum Gasteiger partial charge on any atom is 0.244 e. The van der Waals surface area contributed by atoms with Crippen molar-refractivity contribution in [2.75, 3.05) is 29.8 Å². The number of anilines is 1. The summed E-state index contributed by atoms with van der Waals surface area (Å²) in [5, 5.41) is 2.95. The van der Waals surface area contributed by atoms with Gasteiger partial charge in [-0.3, -0.25) is 13.9 Å². The largest absolute Gasteiger partial charge is 0.486 e. The summed E-state index contributed by atoms with van der Waals surface area (Å²) in [6.45, 7) is 5.63. The average Bonchev–Trinajstić information content (AvgIpc) is 2.98. The number of ether oxygens (including phenoxy) is 2. The van der Waals surface area contributed by atoms with Gasteiger partial charge >= 0.3 is 0 Å². The number of carbonyl (C=O) groups excluding carboxylic acids is 2. The van der Waals surface area contributed by atoms with Crippen molar-refractivity contribution in [3.8, 4) is 11.5 Å². The van der Waals surface area contributed by atoms with Crippen LogP contribution in [0.3, 0.4) is 0 Å². The number of carbonyl (C=O) groups is 2. The van der Waals surface area contributed by atoms with E-state index in [1.54, 1.807) is 18.2 Å². The number of fused-ring (bicyclic) bond motifs is 1. The van der Waals surface area contributed by atoms with Gasteiger partial charge in [-0.2, -0.15) is 0 Å². The lowest BCUT2D eigenvalue weighted by Gasteiger charge is -2.34. The highest BCUT2D eigenvalue weighted by atomic mass is 32.2. The van der Waals surface area contributed by atoms with Crippen LogP contribution in [0, 0.1) is 0 Å². The molecule has 0 saturated heterocycles. The van der Waals surface area contributed by atoms with Gasteiger partial charge in [-0.05, 0) is 44.0 Å². The molecule has 10 heteroatoms. The first-order valence-electron chi connectivity index (χ1n) is 13.8. The van der Waals surface area contributed by atoms with Crippen molar-refractivity contribution in [3.63, 3.8) is 0 Å². The van der Waals surface area contributed by atoms with Crippen molar-refractivity contribution in [1.29, 1.82) is 0 Å². The molecule has 3 aromatic carbocycles. The number of benzene rings is 3. The molecular weight excluding hydrogens is 542 g/mol. The van der Waals surface area contributed by atoms with Crippen LogP contribution >= 0.6 is 0 Å². The average molecular weight is 580 g/mol. The summed E-state index contributed by atoms with van der Waals surface area (Å²) in [5.74, 6) is -0.0941. The van der Waals surface area contributed by atoms with E-state index in [0.29, 0.717) is 24.7 Å². The molecule has 218 valence electrons. The van der Waals surface area contributed by atoms with Crippen LogP contribution in [0.5, 0.6) is 11.5 Å². The van der Waals surface area contributed by atoms with Gasteiger partial charge in [-0.25, -0.2) is 8.42 Å². The smallest absolute Gasteiger partial charge is 0.244 e. The molecule has 2 amide bonds. The number of hydrogen-bond acceptors (Lipinski definition) is 6. The highest BCUT2D eigenvalue weighted by molar-refractivity contribution is 7.92. The summed E-state index contributed by atoms with van der Waals surface area (Å²) in [6.07, 6.45) is 0.266. The normalized spacial score (nSPS) is 13.4. The molecule has 1 heterocycles. The second-order valence-corrected chi connectivity index (χ2v) is 12.3. The van der Waals surface area contributed by atoms with Gasteiger partial charge in [0.25, 0.3) is 0 Å². The first kappa shape index (κ1) is 29.9. The molecule has 0 spiro atoms. The van der Waals surface area contributed by atoms with Crippen LogP contribution in [0.4, 0.5) is 5.69 Å². The molecule has 0 bridgehead atoms. The van der Waals surface area contributed by atoms with E-state index in [9.17, 15) is 18.0 Å². The van der Waals surface area contributed by atoms with Crippen molar-refractivity contribution in [3.05, 3.63) is 90.0 Å². The zero-order valence-electron chi connectivity index (χ0n) is 23.7. The molecule has 0 unspecified atom stereocenters.